The van der Waals surface area contributed by atoms with Crippen molar-refractivity contribution in [2.45, 2.75) is 19.9 Å². The summed E-state index contributed by atoms with van der Waals surface area (Å²) in [7, 11) is 0. The summed E-state index contributed by atoms with van der Waals surface area (Å²) < 4.78 is 1.14. The van der Waals surface area contributed by atoms with Gasteiger partial charge in [0.25, 0.3) is 0 Å². The molecule has 0 spiro atoms. The average molecular weight is 253 g/mol. The number of hydrogen-bond donors (Lipinski definition) is 1. The molecule has 0 saturated heterocycles. The Labute approximate surface area is 92.6 Å². The molecule has 1 aromatic carbocycles. The highest BCUT2D eigenvalue weighted by Crippen LogP contribution is 2.20. The molecule has 1 aromatic rings. The minimum Gasteiger partial charge on any atom is -0.366 e. The van der Waals surface area contributed by atoms with Crippen LogP contribution in [0.15, 0.2) is 27.7 Å². The topological polar surface area (TPSA) is 24.4 Å². The van der Waals surface area contributed by atoms with Gasteiger partial charge in [-0.3, -0.25) is 4.99 Å². The summed E-state index contributed by atoms with van der Waals surface area (Å²) in [6.07, 6.45) is 0. The Morgan fingerprint density at radius 2 is 2.29 bits per heavy atom. The molecule has 1 aliphatic rings. The lowest BCUT2D eigenvalue weighted by molar-refractivity contribution is 0.726. The maximum Gasteiger partial charge on any atom is 0.128 e. The lowest BCUT2D eigenvalue weighted by Crippen LogP contribution is -2.28. The second kappa shape index (κ2) is 3.73. The first-order chi connectivity index (χ1) is 6.68. The Morgan fingerprint density at radius 1 is 1.50 bits per heavy atom. The highest BCUT2D eigenvalue weighted by molar-refractivity contribution is 9.10. The summed E-state index contributed by atoms with van der Waals surface area (Å²) in [4.78, 5) is 4.47. The van der Waals surface area contributed by atoms with E-state index in [1.807, 2.05) is 6.07 Å². The van der Waals surface area contributed by atoms with E-state index in [1.165, 1.54) is 11.1 Å². The van der Waals surface area contributed by atoms with Gasteiger partial charge in [-0.2, -0.15) is 0 Å². The summed E-state index contributed by atoms with van der Waals surface area (Å²) in [5, 5.41) is 3.37. The van der Waals surface area contributed by atoms with Gasteiger partial charge in [0.05, 0.1) is 6.54 Å². The Bertz CT molecular complexity index is 385. The van der Waals surface area contributed by atoms with Crippen LogP contribution in [0.5, 0.6) is 0 Å². The molecular weight excluding hydrogens is 240 g/mol. The van der Waals surface area contributed by atoms with Crippen LogP contribution in [0, 0.1) is 6.92 Å². The molecule has 0 amide bonds. The zero-order valence-electron chi connectivity index (χ0n) is 8.34. The van der Waals surface area contributed by atoms with E-state index >= 15 is 0 Å². The van der Waals surface area contributed by atoms with E-state index in [4.69, 9.17) is 0 Å². The monoisotopic (exact) mass is 252 g/mol. The van der Waals surface area contributed by atoms with Crippen LogP contribution in [-0.2, 0) is 0 Å². The zero-order chi connectivity index (χ0) is 10.1. The van der Waals surface area contributed by atoms with Crippen molar-refractivity contribution in [2.75, 3.05) is 6.54 Å². The van der Waals surface area contributed by atoms with Crippen molar-refractivity contribution < 1.29 is 0 Å². The van der Waals surface area contributed by atoms with Crippen molar-refractivity contribution in [1.82, 2.24) is 5.32 Å². The zero-order valence-corrected chi connectivity index (χ0v) is 9.93. The summed E-state index contributed by atoms with van der Waals surface area (Å²) in [5.41, 5.74) is 2.44. The van der Waals surface area contributed by atoms with E-state index in [2.05, 4.69) is 52.2 Å². The molecule has 74 valence electrons. The van der Waals surface area contributed by atoms with Crippen molar-refractivity contribution in [2.24, 2.45) is 4.99 Å². The third-order valence-electron chi connectivity index (χ3n) is 2.43. The predicted octanol–water partition coefficient (Wildman–Crippen LogP) is 2.50. The van der Waals surface area contributed by atoms with E-state index in [-0.39, 0.29) is 0 Å². The molecule has 1 aliphatic heterocycles. The van der Waals surface area contributed by atoms with Crippen molar-refractivity contribution in [3.8, 4) is 0 Å². The molecule has 0 aliphatic carbocycles. The van der Waals surface area contributed by atoms with E-state index in [0.29, 0.717) is 6.04 Å². The number of hydrogen-bond acceptors (Lipinski definition) is 2. The van der Waals surface area contributed by atoms with Crippen molar-refractivity contribution in [3.63, 3.8) is 0 Å². The van der Waals surface area contributed by atoms with Gasteiger partial charge in [0.1, 0.15) is 5.84 Å². The van der Waals surface area contributed by atoms with Crippen molar-refractivity contribution >= 4 is 21.8 Å². The van der Waals surface area contributed by atoms with Crippen molar-refractivity contribution in [1.29, 1.82) is 0 Å². The molecule has 1 unspecified atom stereocenters. The van der Waals surface area contributed by atoms with Gasteiger partial charge in [0, 0.05) is 16.1 Å². The normalized spacial score (nSPS) is 20.5. The summed E-state index contributed by atoms with van der Waals surface area (Å²) in [6, 6.07) is 6.66. The van der Waals surface area contributed by atoms with E-state index < -0.39 is 0 Å². The van der Waals surface area contributed by atoms with Crippen LogP contribution in [0.2, 0.25) is 0 Å². The highest BCUT2D eigenvalue weighted by atomic mass is 79.9. The minimum atomic E-state index is 0.461. The van der Waals surface area contributed by atoms with Gasteiger partial charge in [0.2, 0.25) is 0 Å². The second-order valence-electron chi connectivity index (χ2n) is 3.65. The third-order valence-corrected chi connectivity index (χ3v) is 3.29. The van der Waals surface area contributed by atoms with Crippen LogP contribution in [-0.4, -0.2) is 18.4 Å². The molecule has 1 N–H and O–H groups in total. The largest absolute Gasteiger partial charge is 0.366 e. The van der Waals surface area contributed by atoms with Crippen LogP contribution in [0.3, 0.4) is 0 Å². The van der Waals surface area contributed by atoms with Gasteiger partial charge in [-0.1, -0.05) is 28.1 Å². The number of nitrogens with zero attached hydrogens (tertiary/aromatic N) is 1. The van der Waals surface area contributed by atoms with Gasteiger partial charge < -0.3 is 5.32 Å². The van der Waals surface area contributed by atoms with E-state index in [9.17, 15) is 0 Å². The van der Waals surface area contributed by atoms with Crippen molar-refractivity contribution in [3.05, 3.63) is 33.8 Å². The van der Waals surface area contributed by atoms with E-state index in [0.717, 1.165) is 16.9 Å². The molecule has 1 heterocycles. The predicted molar refractivity (Wildman–Crippen MR) is 62.9 cm³/mol. The standard InChI is InChI=1S/C11H13BrN2/c1-7-6-13-11(14-7)9-4-3-5-10(12)8(9)2/h3-5,7H,6H2,1-2H3,(H,13,14). The highest BCUT2D eigenvalue weighted by Gasteiger charge is 2.16. The average Bonchev–Trinajstić information content (AvgIpc) is 2.57. The van der Waals surface area contributed by atoms with Crippen LogP contribution >= 0.6 is 15.9 Å². The minimum absolute atomic E-state index is 0.461. The Morgan fingerprint density at radius 3 is 2.93 bits per heavy atom. The number of aliphatic imine (C=N–C) groups is 1. The van der Waals surface area contributed by atoms with Crippen LogP contribution < -0.4 is 5.32 Å². The quantitative estimate of drug-likeness (QED) is 0.817. The van der Waals surface area contributed by atoms with Gasteiger partial charge in [-0.25, -0.2) is 0 Å². The first-order valence-corrected chi connectivity index (χ1v) is 5.54. The van der Waals surface area contributed by atoms with Crippen LogP contribution in [0.25, 0.3) is 0 Å². The maximum absolute atomic E-state index is 4.47. The molecule has 1 atom stereocenters. The molecule has 2 nitrogen and oxygen atoms in total. The molecule has 14 heavy (non-hydrogen) atoms. The number of halogens is 1. The summed E-state index contributed by atoms with van der Waals surface area (Å²) in [6.45, 7) is 5.12. The fraction of sp³-hybridized carbons (Fsp3) is 0.364. The fourth-order valence-electron chi connectivity index (χ4n) is 1.58. The SMILES string of the molecule is Cc1c(Br)cccc1C1=NCC(C)N1. The van der Waals surface area contributed by atoms with Crippen LogP contribution in [0.4, 0.5) is 0 Å². The number of nitrogens with one attached hydrogen (secondary N) is 1. The summed E-state index contributed by atoms with van der Waals surface area (Å²) >= 11 is 3.53. The second-order valence-corrected chi connectivity index (χ2v) is 4.50. The van der Waals surface area contributed by atoms with Gasteiger partial charge >= 0.3 is 0 Å². The first-order valence-electron chi connectivity index (χ1n) is 4.75. The molecule has 0 radical (unpaired) electrons. The lowest BCUT2D eigenvalue weighted by atomic mass is 10.1. The first kappa shape index (κ1) is 9.71. The van der Waals surface area contributed by atoms with E-state index in [1.54, 1.807) is 0 Å². The molecule has 2 rings (SSSR count). The molecule has 0 saturated carbocycles. The number of amidine groups is 1. The van der Waals surface area contributed by atoms with Gasteiger partial charge in [0.15, 0.2) is 0 Å². The maximum atomic E-state index is 4.47. The molecular formula is C11H13BrN2. The molecule has 0 bridgehead atoms. The Balaban J connectivity index is 2.38. The number of rotatable bonds is 1. The summed E-state index contributed by atoms with van der Waals surface area (Å²) in [5.74, 6) is 1.02. The third kappa shape index (κ3) is 1.69. The number of benzene rings is 1. The molecule has 0 aromatic heterocycles. The fourth-order valence-corrected chi connectivity index (χ4v) is 1.95. The molecule has 0 fully saturated rings. The van der Waals surface area contributed by atoms with Gasteiger partial charge in [-0.05, 0) is 25.5 Å². The molecule has 3 heteroatoms. The Hall–Kier alpha value is -0.830. The van der Waals surface area contributed by atoms with Gasteiger partial charge in [-0.15, -0.1) is 0 Å². The lowest BCUT2D eigenvalue weighted by Gasteiger charge is -2.09. The van der Waals surface area contributed by atoms with Crippen LogP contribution in [0.1, 0.15) is 18.1 Å². The Kier molecular flexibility index (Phi) is 2.59. The smallest absolute Gasteiger partial charge is 0.128 e.